The van der Waals surface area contributed by atoms with Crippen molar-refractivity contribution in [2.75, 3.05) is 0 Å². The average molecular weight is 246 g/mol. The van der Waals surface area contributed by atoms with Gasteiger partial charge < -0.3 is 5.11 Å². The first-order valence-electron chi connectivity index (χ1n) is 2.59. The van der Waals surface area contributed by atoms with Crippen LogP contribution in [0.3, 0.4) is 0 Å². The van der Waals surface area contributed by atoms with Crippen molar-refractivity contribution in [3.8, 4) is 0 Å². The summed E-state index contributed by atoms with van der Waals surface area (Å²) in [5.74, 6) is -0.879. The number of aromatic carboxylic acids is 1. The van der Waals surface area contributed by atoms with Gasteiger partial charge in [0.2, 0.25) is 0 Å². The van der Waals surface area contributed by atoms with Crippen LogP contribution in [0, 0.1) is 0 Å². The number of benzene rings is 1. The molecule has 1 rings (SSSR count). The molecule has 5 heteroatoms. The summed E-state index contributed by atoms with van der Waals surface area (Å²) in [5.41, 5.74) is 0.331. The summed E-state index contributed by atoms with van der Waals surface area (Å²) in [6.07, 6.45) is 0. The summed E-state index contributed by atoms with van der Waals surface area (Å²) in [6, 6.07) is 8.30. The zero-order chi connectivity index (χ0) is 6.69. The van der Waals surface area contributed by atoms with Crippen LogP contribution >= 0.6 is 0 Å². The van der Waals surface area contributed by atoms with Crippen molar-refractivity contribution in [2.45, 2.75) is 0 Å². The van der Waals surface area contributed by atoms with Gasteiger partial charge in [0.15, 0.2) is 17.4 Å². The molecule has 0 aliphatic heterocycles. The van der Waals surface area contributed by atoms with Crippen LogP contribution in [-0.4, -0.2) is 66.2 Å². The molecule has 12 heavy (non-hydrogen) atoms. The molecule has 0 saturated carbocycles. The molecular formula is C7H11AlCaCrO2. The van der Waals surface area contributed by atoms with Crippen molar-refractivity contribution in [3.05, 3.63) is 35.9 Å². The van der Waals surface area contributed by atoms with E-state index in [-0.39, 0.29) is 72.5 Å². The van der Waals surface area contributed by atoms with Crippen LogP contribution in [0.15, 0.2) is 30.3 Å². The molecule has 1 aromatic rings. The van der Waals surface area contributed by atoms with E-state index in [2.05, 4.69) is 0 Å². The minimum atomic E-state index is -0.879. The molecule has 0 atom stereocenters. The van der Waals surface area contributed by atoms with E-state index < -0.39 is 5.97 Å². The topological polar surface area (TPSA) is 37.3 Å². The summed E-state index contributed by atoms with van der Waals surface area (Å²) in [6.45, 7) is 0. The zero-order valence-electron chi connectivity index (χ0n) is 5.15. The third-order valence-electron chi connectivity index (χ3n) is 1.02. The maximum atomic E-state index is 10.2. The van der Waals surface area contributed by atoms with E-state index in [1.807, 2.05) is 0 Å². The number of rotatable bonds is 1. The minimum Gasteiger partial charge on any atom is 0 e. The Hall–Kier alpha value is 1.01. The molecule has 0 saturated heterocycles. The second-order valence-electron chi connectivity index (χ2n) is 1.67. The first-order chi connectivity index (χ1) is 4.30. The summed E-state index contributed by atoms with van der Waals surface area (Å²) in [7, 11) is 0. The summed E-state index contributed by atoms with van der Waals surface area (Å²) < 4.78 is 0. The van der Waals surface area contributed by atoms with Crippen LogP contribution in [0.4, 0.5) is 0 Å². The quantitative estimate of drug-likeness (QED) is 0.664. The van der Waals surface area contributed by atoms with E-state index in [1.165, 1.54) is 0 Å². The van der Waals surface area contributed by atoms with Crippen LogP contribution < -0.4 is 0 Å². The van der Waals surface area contributed by atoms with E-state index in [4.69, 9.17) is 5.11 Å². The van der Waals surface area contributed by atoms with Crippen molar-refractivity contribution >= 4 is 61.1 Å². The SMILES string of the molecule is O=C(O)c1ccccc1.[AlH3].[CaH2].[Cr]. The Morgan fingerprint density at radius 2 is 1.58 bits per heavy atom. The smallest absolute Gasteiger partial charge is 0 e. The maximum absolute atomic E-state index is 10.2. The van der Waals surface area contributed by atoms with Gasteiger partial charge in [-0.2, -0.15) is 0 Å². The van der Waals surface area contributed by atoms with Crippen LogP contribution in [0.2, 0.25) is 0 Å². The molecule has 0 bridgehead atoms. The Morgan fingerprint density at radius 1 is 1.17 bits per heavy atom. The molecule has 62 valence electrons. The van der Waals surface area contributed by atoms with Crippen LogP contribution in [0.25, 0.3) is 0 Å². The normalized spacial score (nSPS) is 6.67. The van der Waals surface area contributed by atoms with Crippen molar-refractivity contribution in [2.24, 2.45) is 0 Å². The minimum absolute atomic E-state index is 0. The van der Waals surface area contributed by atoms with Gasteiger partial charge >= 0.3 is 43.7 Å². The number of carbonyl (C=O) groups is 1. The van der Waals surface area contributed by atoms with Gasteiger partial charge in [0, 0.05) is 17.4 Å². The number of hydrogen-bond acceptors (Lipinski definition) is 1. The van der Waals surface area contributed by atoms with Gasteiger partial charge in [-0.3, -0.25) is 0 Å². The molecule has 0 amide bonds. The fraction of sp³-hybridized carbons (Fsp3) is 0. The molecule has 1 aromatic carbocycles. The maximum Gasteiger partial charge on any atom is 0 e. The van der Waals surface area contributed by atoms with Gasteiger partial charge in [0.1, 0.15) is 0 Å². The summed E-state index contributed by atoms with van der Waals surface area (Å²) in [4.78, 5) is 10.2. The number of carboxylic acids is 1. The molecule has 0 heterocycles. The molecule has 0 aliphatic carbocycles. The fourth-order valence-corrected chi connectivity index (χ4v) is 0.581. The first-order valence-corrected chi connectivity index (χ1v) is 2.59. The Balaban J connectivity index is -0.000000270. The average Bonchev–Trinajstić information content (AvgIpc) is 1.90. The van der Waals surface area contributed by atoms with Crippen molar-refractivity contribution in [1.82, 2.24) is 0 Å². The van der Waals surface area contributed by atoms with Crippen LogP contribution in [0.5, 0.6) is 0 Å². The molecule has 0 aliphatic rings. The molecule has 0 aromatic heterocycles. The van der Waals surface area contributed by atoms with Gasteiger partial charge in [-0.05, 0) is 12.1 Å². The van der Waals surface area contributed by atoms with Crippen LogP contribution in [-0.2, 0) is 17.4 Å². The van der Waals surface area contributed by atoms with Gasteiger partial charge in [0.25, 0.3) is 0 Å². The fourth-order valence-electron chi connectivity index (χ4n) is 0.581. The standard InChI is InChI=1S/C7H6O2.Al.Ca.Cr.5H/c8-7(9)6-4-2-1-3-5-6;;;;;;;;/h1-5H,(H,8,9);;;;;;;;. The van der Waals surface area contributed by atoms with E-state index in [0.717, 1.165) is 0 Å². The van der Waals surface area contributed by atoms with Gasteiger partial charge in [0.05, 0.1) is 5.56 Å². The van der Waals surface area contributed by atoms with Crippen molar-refractivity contribution in [3.63, 3.8) is 0 Å². The van der Waals surface area contributed by atoms with E-state index >= 15 is 0 Å². The molecular weight excluding hydrogens is 235 g/mol. The molecule has 0 radical (unpaired) electrons. The third kappa shape index (κ3) is 6.52. The van der Waals surface area contributed by atoms with E-state index in [1.54, 1.807) is 30.3 Å². The van der Waals surface area contributed by atoms with E-state index in [9.17, 15) is 4.79 Å². The second kappa shape index (κ2) is 10.1. The molecule has 0 unspecified atom stereocenters. The predicted octanol–water partition coefficient (Wildman–Crippen LogP) is -0.718. The Labute approximate surface area is 123 Å². The Bertz CT molecular complexity index is 218. The Morgan fingerprint density at radius 3 is 1.83 bits per heavy atom. The first kappa shape index (κ1) is 18.7. The van der Waals surface area contributed by atoms with Gasteiger partial charge in [-0.15, -0.1) is 0 Å². The summed E-state index contributed by atoms with van der Waals surface area (Å²) in [5, 5.41) is 8.38. The largest absolute Gasteiger partial charge is 0 e. The van der Waals surface area contributed by atoms with Crippen molar-refractivity contribution in [1.29, 1.82) is 0 Å². The Kier molecular flexibility index (Phi) is 15.8. The van der Waals surface area contributed by atoms with Crippen LogP contribution in [0.1, 0.15) is 10.4 Å². The predicted molar refractivity (Wildman–Crippen MR) is 51.9 cm³/mol. The number of hydrogen-bond donors (Lipinski definition) is 1. The zero-order valence-corrected chi connectivity index (χ0v) is 6.43. The van der Waals surface area contributed by atoms with Crippen molar-refractivity contribution < 1.29 is 27.3 Å². The second-order valence-corrected chi connectivity index (χ2v) is 1.67. The third-order valence-corrected chi connectivity index (χ3v) is 1.02. The number of carboxylic acid groups (broad SMARTS) is 1. The molecule has 2 nitrogen and oxygen atoms in total. The molecule has 1 N–H and O–H groups in total. The molecule has 0 fully saturated rings. The monoisotopic (exact) mass is 246 g/mol. The van der Waals surface area contributed by atoms with Gasteiger partial charge in [-0.1, -0.05) is 18.2 Å². The van der Waals surface area contributed by atoms with Gasteiger partial charge in [-0.25, -0.2) is 4.79 Å². The summed E-state index contributed by atoms with van der Waals surface area (Å²) >= 11 is 0. The van der Waals surface area contributed by atoms with E-state index in [0.29, 0.717) is 5.56 Å². The molecule has 0 spiro atoms.